The summed E-state index contributed by atoms with van der Waals surface area (Å²) in [5, 5.41) is 8.80. The van der Waals surface area contributed by atoms with E-state index in [1.165, 1.54) is 0 Å². The predicted molar refractivity (Wildman–Crippen MR) is 50.7 cm³/mol. The number of carbonyl (C=O) groups excluding carboxylic acids is 1. The third kappa shape index (κ3) is 2.90. The molecule has 0 spiro atoms. The van der Waals surface area contributed by atoms with Crippen molar-refractivity contribution < 1.29 is 27.9 Å². The first-order chi connectivity index (χ1) is 7.77. The summed E-state index contributed by atoms with van der Waals surface area (Å²) in [7, 11) is 0. The normalized spacial score (nSPS) is 18.1. The van der Waals surface area contributed by atoms with Crippen molar-refractivity contribution in [3.8, 4) is 12.3 Å². The molecule has 1 aliphatic rings. The highest BCUT2D eigenvalue weighted by Gasteiger charge is 2.48. The van der Waals surface area contributed by atoms with Crippen LogP contribution in [-0.4, -0.2) is 41.1 Å². The van der Waals surface area contributed by atoms with Crippen molar-refractivity contribution in [3.63, 3.8) is 0 Å². The van der Waals surface area contributed by atoms with Gasteiger partial charge in [0.05, 0.1) is 5.92 Å². The number of carboxylic acid groups (broad SMARTS) is 1. The summed E-state index contributed by atoms with van der Waals surface area (Å²) in [4.78, 5) is 22.1. The van der Waals surface area contributed by atoms with E-state index < -0.39 is 29.9 Å². The number of aliphatic carboxylic acids is 1. The van der Waals surface area contributed by atoms with Crippen LogP contribution in [0.1, 0.15) is 6.42 Å². The molecule has 0 aliphatic carbocycles. The molecule has 0 aromatic rings. The quantitative estimate of drug-likeness (QED) is 0.750. The fourth-order valence-corrected chi connectivity index (χ4v) is 1.69. The van der Waals surface area contributed by atoms with Gasteiger partial charge >= 0.3 is 18.1 Å². The first-order valence-electron chi connectivity index (χ1n) is 4.79. The van der Waals surface area contributed by atoms with Crippen LogP contribution < -0.4 is 0 Å². The first kappa shape index (κ1) is 13.4. The third-order valence-corrected chi connectivity index (χ3v) is 2.66. The fourth-order valence-electron chi connectivity index (χ4n) is 1.69. The minimum atomic E-state index is -4.91. The standard InChI is InChI=1S/C10H10F3NO3/c1-2-3-7(8(15)16)6-4-14(5-6)9(17)10(11,12)13/h1,6-7H,3-5H2,(H,15,16). The number of hydrogen-bond donors (Lipinski definition) is 1. The molecule has 17 heavy (non-hydrogen) atoms. The van der Waals surface area contributed by atoms with Crippen LogP contribution in [0.25, 0.3) is 0 Å². The van der Waals surface area contributed by atoms with E-state index in [0.717, 1.165) is 0 Å². The SMILES string of the molecule is C#CCC(C(=O)O)C1CN(C(=O)C(F)(F)F)C1. The molecule has 1 atom stereocenters. The summed E-state index contributed by atoms with van der Waals surface area (Å²) >= 11 is 0. The number of rotatable bonds is 3. The summed E-state index contributed by atoms with van der Waals surface area (Å²) in [5.74, 6) is -2.31. The molecule has 7 heteroatoms. The number of carbonyl (C=O) groups is 2. The van der Waals surface area contributed by atoms with Crippen molar-refractivity contribution in [2.45, 2.75) is 12.6 Å². The van der Waals surface area contributed by atoms with E-state index in [4.69, 9.17) is 11.5 Å². The number of halogens is 3. The Labute approximate surface area is 95.4 Å². The Bertz CT molecular complexity index is 366. The summed E-state index contributed by atoms with van der Waals surface area (Å²) in [6, 6.07) is 0. The van der Waals surface area contributed by atoms with Gasteiger partial charge in [0.15, 0.2) is 0 Å². The number of likely N-dealkylation sites (tertiary alicyclic amines) is 1. The van der Waals surface area contributed by atoms with E-state index >= 15 is 0 Å². The lowest BCUT2D eigenvalue weighted by molar-refractivity contribution is -0.193. The zero-order chi connectivity index (χ0) is 13.2. The van der Waals surface area contributed by atoms with Crippen molar-refractivity contribution in [2.24, 2.45) is 11.8 Å². The molecule has 1 N–H and O–H groups in total. The highest BCUT2D eigenvalue weighted by Crippen LogP contribution is 2.30. The molecule has 0 bridgehead atoms. The average molecular weight is 249 g/mol. The topological polar surface area (TPSA) is 57.6 Å². The smallest absolute Gasteiger partial charge is 0.471 e. The zero-order valence-electron chi connectivity index (χ0n) is 8.70. The number of carboxylic acids is 1. The van der Waals surface area contributed by atoms with Crippen LogP contribution in [-0.2, 0) is 9.59 Å². The Morgan fingerprint density at radius 3 is 2.35 bits per heavy atom. The molecule has 0 radical (unpaired) electrons. The van der Waals surface area contributed by atoms with Crippen molar-refractivity contribution in [2.75, 3.05) is 13.1 Å². The number of terminal acetylenes is 1. The van der Waals surface area contributed by atoms with Crippen molar-refractivity contribution in [3.05, 3.63) is 0 Å². The molecule has 1 unspecified atom stereocenters. The van der Waals surface area contributed by atoms with Crippen LogP contribution in [0.4, 0.5) is 13.2 Å². The Morgan fingerprint density at radius 1 is 1.47 bits per heavy atom. The summed E-state index contributed by atoms with van der Waals surface area (Å²) in [5.41, 5.74) is 0. The van der Waals surface area contributed by atoms with Gasteiger partial charge in [0.2, 0.25) is 0 Å². The monoisotopic (exact) mass is 249 g/mol. The van der Waals surface area contributed by atoms with Gasteiger partial charge in [-0.1, -0.05) is 0 Å². The molecule has 1 fully saturated rings. The van der Waals surface area contributed by atoms with E-state index in [0.29, 0.717) is 4.90 Å². The van der Waals surface area contributed by atoms with Gasteiger partial charge in [-0.2, -0.15) is 13.2 Å². The predicted octanol–water partition coefficient (Wildman–Crippen LogP) is 0.731. The zero-order valence-corrected chi connectivity index (χ0v) is 8.70. The van der Waals surface area contributed by atoms with Gasteiger partial charge in [-0.15, -0.1) is 12.3 Å². The molecule has 1 saturated heterocycles. The molecule has 1 amide bonds. The second kappa shape index (κ2) is 4.65. The van der Waals surface area contributed by atoms with Gasteiger partial charge in [0.25, 0.3) is 0 Å². The lowest BCUT2D eigenvalue weighted by atomic mass is 9.83. The average Bonchev–Trinajstić information content (AvgIpc) is 2.12. The van der Waals surface area contributed by atoms with Crippen LogP contribution in [0, 0.1) is 24.2 Å². The van der Waals surface area contributed by atoms with E-state index in [1.54, 1.807) is 0 Å². The van der Waals surface area contributed by atoms with Gasteiger partial charge < -0.3 is 10.0 Å². The molecule has 4 nitrogen and oxygen atoms in total. The molecule has 1 aliphatic heterocycles. The number of nitrogens with zero attached hydrogens (tertiary/aromatic N) is 1. The largest absolute Gasteiger partial charge is 0.481 e. The van der Waals surface area contributed by atoms with Crippen molar-refractivity contribution in [1.82, 2.24) is 4.90 Å². The number of alkyl halides is 3. The highest BCUT2D eigenvalue weighted by atomic mass is 19.4. The fraction of sp³-hybridized carbons (Fsp3) is 0.600. The Hall–Kier alpha value is -1.71. The van der Waals surface area contributed by atoms with Gasteiger partial charge in [-0.3, -0.25) is 9.59 Å². The van der Waals surface area contributed by atoms with Crippen molar-refractivity contribution in [1.29, 1.82) is 0 Å². The molecule has 1 rings (SSSR count). The first-order valence-corrected chi connectivity index (χ1v) is 4.79. The van der Waals surface area contributed by atoms with Gasteiger partial charge in [-0.05, 0) is 0 Å². The van der Waals surface area contributed by atoms with Crippen molar-refractivity contribution >= 4 is 11.9 Å². The minimum Gasteiger partial charge on any atom is -0.481 e. The van der Waals surface area contributed by atoms with Crippen LogP contribution in [0.3, 0.4) is 0 Å². The van der Waals surface area contributed by atoms with E-state index in [1.807, 2.05) is 0 Å². The van der Waals surface area contributed by atoms with Crippen LogP contribution in [0.5, 0.6) is 0 Å². The maximum absolute atomic E-state index is 12.0. The lowest BCUT2D eigenvalue weighted by Crippen LogP contribution is -2.57. The molecular formula is C10H10F3NO3. The summed E-state index contributed by atoms with van der Waals surface area (Å²) < 4.78 is 36.0. The van der Waals surface area contributed by atoms with Crippen LogP contribution in [0.15, 0.2) is 0 Å². The lowest BCUT2D eigenvalue weighted by Gasteiger charge is -2.41. The second-order valence-electron chi connectivity index (χ2n) is 3.82. The highest BCUT2D eigenvalue weighted by molar-refractivity contribution is 5.83. The van der Waals surface area contributed by atoms with Crippen LogP contribution >= 0.6 is 0 Å². The second-order valence-corrected chi connectivity index (χ2v) is 3.82. The maximum atomic E-state index is 12.0. The maximum Gasteiger partial charge on any atom is 0.471 e. The molecule has 1 heterocycles. The third-order valence-electron chi connectivity index (χ3n) is 2.66. The Morgan fingerprint density at radius 2 is 2.00 bits per heavy atom. The van der Waals surface area contributed by atoms with E-state index in [9.17, 15) is 22.8 Å². The molecule has 0 saturated carbocycles. The summed E-state index contributed by atoms with van der Waals surface area (Å²) in [6.07, 6.45) is 0.0191. The van der Waals surface area contributed by atoms with E-state index in [-0.39, 0.29) is 19.5 Å². The molecule has 0 aromatic carbocycles. The Balaban J connectivity index is 2.54. The minimum absolute atomic E-state index is 0.0476. The molecule has 0 aromatic heterocycles. The molecular weight excluding hydrogens is 239 g/mol. The van der Waals surface area contributed by atoms with Gasteiger partial charge in [0.1, 0.15) is 0 Å². The van der Waals surface area contributed by atoms with Crippen LogP contribution in [0.2, 0.25) is 0 Å². The van der Waals surface area contributed by atoms with E-state index in [2.05, 4.69) is 5.92 Å². The number of amides is 1. The number of hydrogen-bond acceptors (Lipinski definition) is 2. The van der Waals surface area contributed by atoms with Gasteiger partial charge in [-0.25, -0.2) is 0 Å². The Kier molecular flexibility index (Phi) is 3.66. The molecule has 94 valence electrons. The summed E-state index contributed by atoms with van der Waals surface area (Å²) in [6.45, 7) is -0.423. The van der Waals surface area contributed by atoms with Gasteiger partial charge in [0, 0.05) is 25.4 Å².